The molecular formula is C16H25N3. The molecule has 2 heterocycles. The number of aromatic nitrogens is 1. The molecule has 2 aliphatic rings. The van der Waals surface area contributed by atoms with Crippen molar-refractivity contribution in [3.8, 4) is 0 Å². The van der Waals surface area contributed by atoms with E-state index in [0.29, 0.717) is 0 Å². The highest BCUT2D eigenvalue weighted by Gasteiger charge is 2.26. The minimum Gasteiger partial charge on any atom is -0.301 e. The van der Waals surface area contributed by atoms with Gasteiger partial charge in [0.15, 0.2) is 0 Å². The highest BCUT2D eigenvalue weighted by atomic mass is 15.3. The van der Waals surface area contributed by atoms with E-state index in [1.807, 2.05) is 6.20 Å². The monoisotopic (exact) mass is 259 g/mol. The molecule has 0 bridgehead atoms. The molecule has 0 amide bonds. The maximum atomic E-state index is 4.57. The molecule has 3 heteroatoms. The molecule has 0 unspecified atom stereocenters. The van der Waals surface area contributed by atoms with Crippen LogP contribution >= 0.6 is 0 Å². The summed E-state index contributed by atoms with van der Waals surface area (Å²) in [6, 6.07) is 4.40. The van der Waals surface area contributed by atoms with Crippen LogP contribution in [0.5, 0.6) is 0 Å². The van der Waals surface area contributed by atoms with Crippen LogP contribution in [-0.2, 0) is 13.0 Å². The molecule has 1 aromatic rings. The van der Waals surface area contributed by atoms with E-state index in [2.05, 4.69) is 33.8 Å². The number of hydrogen-bond acceptors (Lipinski definition) is 3. The molecule has 19 heavy (non-hydrogen) atoms. The van der Waals surface area contributed by atoms with Gasteiger partial charge in [0, 0.05) is 45.5 Å². The SMILES string of the molecule is CCc1ccc(CN2CCN(CC3CC3)CC2)nc1. The molecule has 1 saturated carbocycles. The van der Waals surface area contributed by atoms with Crippen molar-refractivity contribution in [1.82, 2.24) is 14.8 Å². The molecule has 3 nitrogen and oxygen atoms in total. The van der Waals surface area contributed by atoms with Gasteiger partial charge in [-0.3, -0.25) is 9.88 Å². The fraction of sp³-hybridized carbons (Fsp3) is 0.688. The number of hydrogen-bond donors (Lipinski definition) is 0. The van der Waals surface area contributed by atoms with Crippen molar-refractivity contribution in [2.75, 3.05) is 32.7 Å². The second kappa shape index (κ2) is 6.02. The van der Waals surface area contributed by atoms with E-state index in [9.17, 15) is 0 Å². The van der Waals surface area contributed by atoms with Crippen molar-refractivity contribution in [3.63, 3.8) is 0 Å². The van der Waals surface area contributed by atoms with Gasteiger partial charge in [-0.1, -0.05) is 13.0 Å². The lowest BCUT2D eigenvalue weighted by atomic mass is 10.2. The van der Waals surface area contributed by atoms with Crippen molar-refractivity contribution in [2.24, 2.45) is 5.92 Å². The first-order chi connectivity index (χ1) is 9.33. The lowest BCUT2D eigenvalue weighted by Gasteiger charge is -2.34. The van der Waals surface area contributed by atoms with Crippen molar-refractivity contribution in [1.29, 1.82) is 0 Å². The van der Waals surface area contributed by atoms with Gasteiger partial charge in [-0.2, -0.15) is 0 Å². The molecule has 0 N–H and O–H groups in total. The van der Waals surface area contributed by atoms with Gasteiger partial charge < -0.3 is 4.90 Å². The summed E-state index contributed by atoms with van der Waals surface area (Å²) in [7, 11) is 0. The molecule has 2 fully saturated rings. The summed E-state index contributed by atoms with van der Waals surface area (Å²) in [6.07, 6.45) is 6.04. The summed E-state index contributed by atoms with van der Waals surface area (Å²) in [5, 5.41) is 0. The van der Waals surface area contributed by atoms with E-state index in [1.165, 1.54) is 56.8 Å². The third-order valence-corrected chi connectivity index (χ3v) is 4.36. The minimum absolute atomic E-state index is 1.02. The first-order valence-corrected chi connectivity index (χ1v) is 7.72. The minimum atomic E-state index is 1.02. The summed E-state index contributed by atoms with van der Waals surface area (Å²) in [5.74, 6) is 1.02. The van der Waals surface area contributed by atoms with E-state index >= 15 is 0 Å². The molecule has 0 atom stereocenters. The van der Waals surface area contributed by atoms with Gasteiger partial charge in [0.1, 0.15) is 0 Å². The maximum absolute atomic E-state index is 4.57. The van der Waals surface area contributed by atoms with Gasteiger partial charge >= 0.3 is 0 Å². The first kappa shape index (κ1) is 13.1. The van der Waals surface area contributed by atoms with Crippen molar-refractivity contribution in [2.45, 2.75) is 32.7 Å². The van der Waals surface area contributed by atoms with Crippen molar-refractivity contribution >= 4 is 0 Å². The van der Waals surface area contributed by atoms with Gasteiger partial charge in [-0.05, 0) is 36.8 Å². The van der Waals surface area contributed by atoms with Crippen LogP contribution in [0.15, 0.2) is 18.3 Å². The molecule has 0 spiro atoms. The lowest BCUT2D eigenvalue weighted by molar-refractivity contribution is 0.122. The molecule has 1 aliphatic carbocycles. The predicted molar refractivity (Wildman–Crippen MR) is 78.1 cm³/mol. The van der Waals surface area contributed by atoms with Crippen LogP contribution in [0.2, 0.25) is 0 Å². The van der Waals surface area contributed by atoms with Gasteiger partial charge in [0.2, 0.25) is 0 Å². The summed E-state index contributed by atoms with van der Waals surface area (Å²) in [4.78, 5) is 9.75. The Bertz CT molecular complexity index is 389. The Morgan fingerprint density at radius 1 is 1.11 bits per heavy atom. The molecule has 0 radical (unpaired) electrons. The van der Waals surface area contributed by atoms with E-state index in [1.54, 1.807) is 0 Å². The smallest absolute Gasteiger partial charge is 0.0544 e. The summed E-state index contributed by atoms with van der Waals surface area (Å²) in [5.41, 5.74) is 2.55. The zero-order valence-electron chi connectivity index (χ0n) is 12.0. The Kier molecular flexibility index (Phi) is 4.14. The number of nitrogens with zero attached hydrogens (tertiary/aromatic N) is 3. The second-order valence-corrected chi connectivity index (χ2v) is 6.03. The van der Waals surface area contributed by atoms with Crippen LogP contribution in [0.3, 0.4) is 0 Å². The quantitative estimate of drug-likeness (QED) is 0.808. The number of pyridine rings is 1. The predicted octanol–water partition coefficient (Wildman–Crippen LogP) is 2.17. The van der Waals surface area contributed by atoms with Gasteiger partial charge in [0.05, 0.1) is 5.69 Å². The normalized spacial score (nSPS) is 21.7. The van der Waals surface area contributed by atoms with E-state index in [0.717, 1.165) is 18.9 Å². The fourth-order valence-corrected chi connectivity index (χ4v) is 2.78. The first-order valence-electron chi connectivity index (χ1n) is 7.72. The Balaban J connectivity index is 1.45. The average molecular weight is 259 g/mol. The van der Waals surface area contributed by atoms with Crippen LogP contribution in [0.1, 0.15) is 31.0 Å². The van der Waals surface area contributed by atoms with Crippen LogP contribution < -0.4 is 0 Å². The topological polar surface area (TPSA) is 19.4 Å². The van der Waals surface area contributed by atoms with Crippen molar-refractivity contribution < 1.29 is 0 Å². The van der Waals surface area contributed by atoms with Crippen LogP contribution in [0.4, 0.5) is 0 Å². The number of aryl methyl sites for hydroxylation is 1. The fourth-order valence-electron chi connectivity index (χ4n) is 2.78. The molecule has 1 saturated heterocycles. The Morgan fingerprint density at radius 2 is 1.84 bits per heavy atom. The largest absolute Gasteiger partial charge is 0.301 e. The van der Waals surface area contributed by atoms with Gasteiger partial charge in [-0.25, -0.2) is 0 Å². The third-order valence-electron chi connectivity index (χ3n) is 4.36. The van der Waals surface area contributed by atoms with E-state index < -0.39 is 0 Å². The Labute approximate surface area is 116 Å². The third kappa shape index (κ3) is 3.77. The molecular weight excluding hydrogens is 234 g/mol. The van der Waals surface area contributed by atoms with E-state index in [4.69, 9.17) is 0 Å². The summed E-state index contributed by atoms with van der Waals surface area (Å²) < 4.78 is 0. The highest BCUT2D eigenvalue weighted by molar-refractivity contribution is 5.13. The molecule has 1 aliphatic heterocycles. The van der Waals surface area contributed by atoms with Crippen LogP contribution in [-0.4, -0.2) is 47.5 Å². The Morgan fingerprint density at radius 3 is 2.42 bits per heavy atom. The zero-order chi connectivity index (χ0) is 13.1. The number of rotatable bonds is 5. The number of piperazine rings is 1. The molecule has 3 rings (SSSR count). The van der Waals surface area contributed by atoms with E-state index in [-0.39, 0.29) is 0 Å². The lowest BCUT2D eigenvalue weighted by Crippen LogP contribution is -2.46. The molecule has 0 aromatic carbocycles. The van der Waals surface area contributed by atoms with Crippen LogP contribution in [0.25, 0.3) is 0 Å². The summed E-state index contributed by atoms with van der Waals surface area (Å²) in [6.45, 7) is 9.41. The second-order valence-electron chi connectivity index (χ2n) is 6.03. The van der Waals surface area contributed by atoms with Crippen LogP contribution in [0, 0.1) is 5.92 Å². The van der Waals surface area contributed by atoms with Crippen molar-refractivity contribution in [3.05, 3.63) is 29.6 Å². The zero-order valence-corrected chi connectivity index (χ0v) is 12.0. The van der Waals surface area contributed by atoms with Gasteiger partial charge in [0.25, 0.3) is 0 Å². The van der Waals surface area contributed by atoms with Gasteiger partial charge in [-0.15, -0.1) is 0 Å². The standard InChI is InChI=1S/C16H25N3/c1-2-14-5-6-16(17-11-14)13-19-9-7-18(8-10-19)12-15-3-4-15/h5-6,11,15H,2-4,7-10,12-13H2,1H3. The average Bonchev–Trinajstić information content (AvgIpc) is 3.26. The molecule has 1 aromatic heterocycles. The summed E-state index contributed by atoms with van der Waals surface area (Å²) >= 11 is 0. The maximum Gasteiger partial charge on any atom is 0.0544 e. The molecule has 104 valence electrons. The highest BCUT2D eigenvalue weighted by Crippen LogP contribution is 2.29. The Hall–Kier alpha value is -0.930.